The Morgan fingerprint density at radius 3 is 2.68 bits per heavy atom. The molecule has 1 fully saturated rings. The molecule has 1 N–H and O–H groups in total. The Kier molecular flexibility index (Phi) is 7.03. The minimum absolute atomic E-state index is 0. The van der Waals surface area contributed by atoms with Crippen molar-refractivity contribution in [3.63, 3.8) is 0 Å². The Bertz CT molecular complexity index is 367. The van der Waals surface area contributed by atoms with Crippen molar-refractivity contribution in [2.75, 3.05) is 38.2 Å². The molecule has 0 radical (unpaired) electrons. The van der Waals surface area contributed by atoms with E-state index in [1.165, 1.54) is 31.6 Å². The van der Waals surface area contributed by atoms with Gasteiger partial charge in [0.05, 0.1) is 7.11 Å². The van der Waals surface area contributed by atoms with Crippen LogP contribution in [0.15, 0.2) is 24.3 Å². The molecule has 0 spiro atoms. The van der Waals surface area contributed by atoms with Gasteiger partial charge >= 0.3 is 0 Å². The maximum Gasteiger partial charge on any atom is 0.120 e. The third kappa shape index (κ3) is 4.59. The molecule has 1 heterocycles. The molecule has 1 aromatic carbocycles. The summed E-state index contributed by atoms with van der Waals surface area (Å²) in [5.74, 6) is 1.76. The van der Waals surface area contributed by atoms with E-state index in [1.807, 2.05) is 6.07 Å². The minimum Gasteiger partial charge on any atom is -0.497 e. The molecule has 3 nitrogen and oxygen atoms in total. The van der Waals surface area contributed by atoms with E-state index in [0.717, 1.165) is 24.8 Å². The fourth-order valence-corrected chi connectivity index (χ4v) is 2.60. The van der Waals surface area contributed by atoms with E-state index >= 15 is 0 Å². The lowest BCUT2D eigenvalue weighted by Gasteiger charge is -2.31. The average molecular weight is 285 g/mol. The van der Waals surface area contributed by atoms with Gasteiger partial charge in [0.1, 0.15) is 5.75 Å². The monoisotopic (exact) mass is 284 g/mol. The molecular formula is C15H25ClN2O. The lowest BCUT2D eigenvalue weighted by atomic mass is 9.97. The summed E-state index contributed by atoms with van der Waals surface area (Å²) in [5.41, 5.74) is 1.27. The Morgan fingerprint density at radius 1 is 1.32 bits per heavy atom. The number of ether oxygens (including phenoxy) is 1. The van der Waals surface area contributed by atoms with Crippen LogP contribution in [0.1, 0.15) is 19.8 Å². The molecular weight excluding hydrogens is 260 g/mol. The van der Waals surface area contributed by atoms with Crippen molar-refractivity contribution in [3.8, 4) is 5.75 Å². The van der Waals surface area contributed by atoms with E-state index in [-0.39, 0.29) is 12.4 Å². The largest absolute Gasteiger partial charge is 0.497 e. The first-order valence-corrected chi connectivity index (χ1v) is 6.93. The van der Waals surface area contributed by atoms with Gasteiger partial charge in [0, 0.05) is 24.8 Å². The topological polar surface area (TPSA) is 24.5 Å². The molecule has 0 unspecified atom stereocenters. The molecule has 0 amide bonds. The summed E-state index contributed by atoms with van der Waals surface area (Å²) in [6, 6.07) is 8.37. The van der Waals surface area contributed by atoms with Crippen LogP contribution < -0.4 is 15.0 Å². The second kappa shape index (κ2) is 8.28. The number of rotatable bonds is 5. The zero-order chi connectivity index (χ0) is 12.8. The van der Waals surface area contributed by atoms with Crippen molar-refractivity contribution in [2.45, 2.75) is 19.8 Å². The molecule has 0 saturated carbocycles. The molecule has 0 bridgehead atoms. The van der Waals surface area contributed by atoms with Crippen LogP contribution in [0.2, 0.25) is 0 Å². The molecule has 4 heteroatoms. The number of anilines is 1. The van der Waals surface area contributed by atoms with Gasteiger partial charge in [-0.1, -0.05) is 6.07 Å². The normalized spacial score (nSPS) is 15.7. The van der Waals surface area contributed by atoms with Crippen molar-refractivity contribution in [1.29, 1.82) is 0 Å². The smallest absolute Gasteiger partial charge is 0.120 e. The molecule has 19 heavy (non-hydrogen) atoms. The van der Waals surface area contributed by atoms with E-state index in [2.05, 4.69) is 35.3 Å². The van der Waals surface area contributed by atoms with E-state index < -0.39 is 0 Å². The molecule has 2 rings (SSSR count). The molecule has 108 valence electrons. The van der Waals surface area contributed by atoms with Gasteiger partial charge in [0.2, 0.25) is 0 Å². The van der Waals surface area contributed by atoms with Crippen LogP contribution >= 0.6 is 12.4 Å². The van der Waals surface area contributed by atoms with Gasteiger partial charge in [0.25, 0.3) is 0 Å². The standard InChI is InChI=1S/C15H24N2O.ClH/c1-3-17(12-13-7-9-16-10-8-13)14-5-4-6-15(11-14)18-2;/h4-6,11,13,16H,3,7-10,12H2,1-2H3;1H. The summed E-state index contributed by atoms with van der Waals surface area (Å²) in [4.78, 5) is 2.46. The van der Waals surface area contributed by atoms with E-state index in [0.29, 0.717) is 0 Å². The highest BCUT2D eigenvalue weighted by Gasteiger charge is 2.16. The van der Waals surface area contributed by atoms with Gasteiger partial charge in [-0.05, 0) is 50.9 Å². The van der Waals surface area contributed by atoms with Crippen LogP contribution in [0.5, 0.6) is 5.75 Å². The summed E-state index contributed by atoms with van der Waals surface area (Å²) in [6.45, 7) is 6.77. The molecule has 1 saturated heterocycles. The highest BCUT2D eigenvalue weighted by Crippen LogP contribution is 2.23. The van der Waals surface area contributed by atoms with Crippen molar-refractivity contribution in [1.82, 2.24) is 5.32 Å². The predicted octanol–water partition coefficient (Wildman–Crippen LogP) is 2.94. The first-order chi connectivity index (χ1) is 8.83. The summed E-state index contributed by atoms with van der Waals surface area (Å²) in [7, 11) is 1.72. The molecule has 1 aliphatic rings. The van der Waals surface area contributed by atoms with Crippen LogP contribution in [0.25, 0.3) is 0 Å². The van der Waals surface area contributed by atoms with Crippen LogP contribution in [0, 0.1) is 5.92 Å². The highest BCUT2D eigenvalue weighted by atomic mass is 35.5. The van der Waals surface area contributed by atoms with Crippen molar-refractivity contribution in [3.05, 3.63) is 24.3 Å². The first-order valence-electron chi connectivity index (χ1n) is 6.93. The molecule has 0 aromatic heterocycles. The van der Waals surface area contributed by atoms with Gasteiger partial charge in [-0.3, -0.25) is 0 Å². The number of piperidine rings is 1. The number of halogens is 1. The minimum atomic E-state index is 0. The van der Waals surface area contributed by atoms with Gasteiger partial charge < -0.3 is 15.0 Å². The third-order valence-corrected chi connectivity index (χ3v) is 3.74. The highest BCUT2D eigenvalue weighted by molar-refractivity contribution is 5.85. The fraction of sp³-hybridized carbons (Fsp3) is 0.600. The second-order valence-electron chi connectivity index (χ2n) is 4.93. The fourth-order valence-electron chi connectivity index (χ4n) is 2.60. The number of hydrogen-bond acceptors (Lipinski definition) is 3. The van der Waals surface area contributed by atoms with Crippen molar-refractivity contribution >= 4 is 18.1 Å². The number of hydrogen-bond donors (Lipinski definition) is 1. The number of nitrogens with one attached hydrogen (secondary N) is 1. The molecule has 0 atom stereocenters. The molecule has 1 aliphatic heterocycles. The number of nitrogens with zero attached hydrogens (tertiary/aromatic N) is 1. The SMILES string of the molecule is CCN(CC1CCNCC1)c1cccc(OC)c1.Cl. The molecule has 1 aromatic rings. The van der Waals surface area contributed by atoms with Gasteiger partial charge in [-0.2, -0.15) is 0 Å². The van der Waals surface area contributed by atoms with Crippen LogP contribution in [0.3, 0.4) is 0 Å². The lowest BCUT2D eigenvalue weighted by molar-refractivity contribution is 0.374. The zero-order valence-electron chi connectivity index (χ0n) is 11.9. The third-order valence-electron chi connectivity index (χ3n) is 3.74. The van der Waals surface area contributed by atoms with E-state index in [1.54, 1.807) is 7.11 Å². The van der Waals surface area contributed by atoms with Gasteiger partial charge in [-0.15, -0.1) is 12.4 Å². The molecule has 0 aliphatic carbocycles. The van der Waals surface area contributed by atoms with Gasteiger partial charge in [-0.25, -0.2) is 0 Å². The van der Waals surface area contributed by atoms with Crippen LogP contribution in [-0.2, 0) is 0 Å². The summed E-state index contributed by atoms with van der Waals surface area (Å²) in [6.07, 6.45) is 2.58. The van der Waals surface area contributed by atoms with Gasteiger partial charge in [0.15, 0.2) is 0 Å². The van der Waals surface area contributed by atoms with Crippen LogP contribution in [-0.4, -0.2) is 33.3 Å². The van der Waals surface area contributed by atoms with Crippen molar-refractivity contribution < 1.29 is 4.74 Å². The zero-order valence-corrected chi connectivity index (χ0v) is 12.7. The Balaban J connectivity index is 0.00000180. The van der Waals surface area contributed by atoms with Crippen molar-refractivity contribution in [2.24, 2.45) is 5.92 Å². The van der Waals surface area contributed by atoms with E-state index in [4.69, 9.17) is 4.74 Å². The number of benzene rings is 1. The predicted molar refractivity (Wildman–Crippen MR) is 83.7 cm³/mol. The second-order valence-corrected chi connectivity index (χ2v) is 4.93. The first kappa shape index (κ1) is 16.1. The van der Waals surface area contributed by atoms with Crippen LogP contribution in [0.4, 0.5) is 5.69 Å². The summed E-state index contributed by atoms with van der Waals surface area (Å²) < 4.78 is 5.30. The lowest BCUT2D eigenvalue weighted by Crippen LogP contribution is -2.36. The Hall–Kier alpha value is -0.930. The summed E-state index contributed by atoms with van der Waals surface area (Å²) >= 11 is 0. The average Bonchev–Trinajstić information content (AvgIpc) is 2.46. The maximum atomic E-state index is 5.30. The quantitative estimate of drug-likeness (QED) is 0.900. The Morgan fingerprint density at radius 2 is 2.05 bits per heavy atom. The maximum absolute atomic E-state index is 5.30. The Labute approximate surface area is 122 Å². The number of methoxy groups -OCH3 is 1. The summed E-state index contributed by atoms with van der Waals surface area (Å²) in [5, 5.41) is 3.43. The van der Waals surface area contributed by atoms with E-state index in [9.17, 15) is 0 Å².